The summed E-state index contributed by atoms with van der Waals surface area (Å²) in [4.78, 5) is 18.4. The van der Waals surface area contributed by atoms with Crippen molar-refractivity contribution in [3.63, 3.8) is 0 Å². The molecule has 1 aliphatic rings. The SMILES string of the molecule is Nc1ncnc2c(CN3CC[C@@H](CSc4nccs4)C3)c[nH]c12. The Labute approximate surface area is 142 Å². The van der Waals surface area contributed by atoms with Gasteiger partial charge in [-0.3, -0.25) is 4.90 Å². The van der Waals surface area contributed by atoms with Crippen molar-refractivity contribution in [1.82, 2.24) is 24.8 Å². The quantitative estimate of drug-likeness (QED) is 0.691. The van der Waals surface area contributed by atoms with Gasteiger partial charge in [0.15, 0.2) is 5.82 Å². The fourth-order valence-electron chi connectivity index (χ4n) is 3.04. The minimum atomic E-state index is 0.514. The second-order valence-electron chi connectivity index (χ2n) is 5.80. The Morgan fingerprint density at radius 1 is 1.39 bits per heavy atom. The third kappa shape index (κ3) is 3.19. The van der Waals surface area contributed by atoms with E-state index in [1.807, 2.05) is 29.5 Å². The van der Waals surface area contributed by atoms with Crippen LogP contribution >= 0.6 is 23.1 Å². The molecule has 8 heteroatoms. The van der Waals surface area contributed by atoms with Gasteiger partial charge in [-0.2, -0.15) is 0 Å². The number of nitrogens with one attached hydrogen (secondary N) is 1. The minimum Gasteiger partial charge on any atom is -0.382 e. The first-order chi connectivity index (χ1) is 11.3. The lowest BCUT2D eigenvalue weighted by molar-refractivity contribution is 0.322. The number of nitrogens with zero attached hydrogens (tertiary/aromatic N) is 4. The summed E-state index contributed by atoms with van der Waals surface area (Å²) in [5.41, 5.74) is 8.87. The molecule has 4 heterocycles. The van der Waals surface area contributed by atoms with E-state index in [0.717, 1.165) is 42.3 Å². The number of hydrogen-bond donors (Lipinski definition) is 2. The third-order valence-electron chi connectivity index (χ3n) is 4.19. The molecule has 3 N–H and O–H groups in total. The molecule has 1 fully saturated rings. The van der Waals surface area contributed by atoms with Crippen LogP contribution < -0.4 is 5.73 Å². The van der Waals surface area contributed by atoms with E-state index in [1.54, 1.807) is 11.3 Å². The maximum Gasteiger partial charge on any atom is 0.151 e. The molecule has 0 aromatic carbocycles. The zero-order chi connectivity index (χ0) is 15.6. The van der Waals surface area contributed by atoms with Gasteiger partial charge in [-0.05, 0) is 18.9 Å². The average Bonchev–Trinajstić information content (AvgIpc) is 3.28. The van der Waals surface area contributed by atoms with Gasteiger partial charge in [-0.25, -0.2) is 15.0 Å². The zero-order valence-corrected chi connectivity index (χ0v) is 14.2. The Bertz CT molecular complexity index is 784. The number of rotatable bonds is 5. The van der Waals surface area contributed by atoms with Crippen LogP contribution in [0.5, 0.6) is 0 Å². The van der Waals surface area contributed by atoms with Gasteiger partial charge in [-0.15, -0.1) is 11.3 Å². The van der Waals surface area contributed by atoms with Gasteiger partial charge < -0.3 is 10.7 Å². The van der Waals surface area contributed by atoms with Crippen LogP contribution in [0.1, 0.15) is 12.0 Å². The number of fused-ring (bicyclic) bond motifs is 1. The number of anilines is 1. The molecule has 3 aromatic rings. The van der Waals surface area contributed by atoms with Crippen LogP contribution in [-0.2, 0) is 6.54 Å². The monoisotopic (exact) mass is 346 g/mol. The average molecular weight is 346 g/mol. The molecule has 0 amide bonds. The number of thiazole rings is 1. The van der Waals surface area contributed by atoms with Crippen LogP contribution in [0.4, 0.5) is 5.82 Å². The van der Waals surface area contributed by atoms with E-state index in [9.17, 15) is 0 Å². The Balaban J connectivity index is 1.37. The summed E-state index contributed by atoms with van der Waals surface area (Å²) >= 11 is 3.60. The minimum absolute atomic E-state index is 0.514. The topological polar surface area (TPSA) is 83.7 Å². The summed E-state index contributed by atoms with van der Waals surface area (Å²) in [7, 11) is 0. The smallest absolute Gasteiger partial charge is 0.151 e. The maximum atomic E-state index is 5.88. The Hall–Kier alpha value is -1.64. The second kappa shape index (κ2) is 6.46. The fourth-order valence-corrected chi connectivity index (χ4v) is 4.83. The maximum absolute atomic E-state index is 5.88. The standard InChI is InChI=1S/C15H18N6S2/c16-14-13-12(19-9-20-14)11(5-18-13)7-21-3-1-10(6-21)8-23-15-17-2-4-22-15/h2,4-5,9-10,18H,1,3,6-8H2,(H2,16,19,20)/t10-/m1/s1. The van der Waals surface area contributed by atoms with Crippen molar-refractivity contribution in [3.8, 4) is 0 Å². The van der Waals surface area contributed by atoms with Gasteiger partial charge >= 0.3 is 0 Å². The molecule has 1 saturated heterocycles. The van der Waals surface area contributed by atoms with E-state index in [0.29, 0.717) is 5.82 Å². The zero-order valence-electron chi connectivity index (χ0n) is 12.6. The number of likely N-dealkylation sites (tertiary alicyclic amines) is 1. The number of hydrogen-bond acceptors (Lipinski definition) is 7. The van der Waals surface area contributed by atoms with Gasteiger partial charge in [0.25, 0.3) is 0 Å². The normalized spacial score (nSPS) is 18.9. The lowest BCUT2D eigenvalue weighted by Crippen LogP contribution is -2.20. The van der Waals surface area contributed by atoms with Crippen LogP contribution in [0.2, 0.25) is 0 Å². The first kappa shape index (κ1) is 14.9. The van der Waals surface area contributed by atoms with E-state index in [-0.39, 0.29) is 0 Å². The first-order valence-electron chi connectivity index (χ1n) is 7.60. The predicted molar refractivity (Wildman–Crippen MR) is 94.5 cm³/mol. The largest absolute Gasteiger partial charge is 0.382 e. The lowest BCUT2D eigenvalue weighted by Gasteiger charge is -2.15. The van der Waals surface area contributed by atoms with Crippen molar-refractivity contribution >= 4 is 39.9 Å². The number of thioether (sulfide) groups is 1. The molecule has 6 nitrogen and oxygen atoms in total. The Morgan fingerprint density at radius 2 is 2.35 bits per heavy atom. The van der Waals surface area contributed by atoms with Crippen LogP contribution in [-0.4, -0.2) is 43.7 Å². The molecule has 0 radical (unpaired) electrons. The van der Waals surface area contributed by atoms with Gasteiger partial charge in [0, 0.05) is 42.2 Å². The summed E-state index contributed by atoms with van der Waals surface area (Å²) in [5, 5.41) is 2.04. The van der Waals surface area contributed by atoms with Crippen molar-refractivity contribution in [2.75, 3.05) is 24.6 Å². The van der Waals surface area contributed by atoms with Gasteiger partial charge in [-0.1, -0.05) is 11.8 Å². The second-order valence-corrected chi connectivity index (χ2v) is 7.96. The van der Waals surface area contributed by atoms with Gasteiger partial charge in [0.05, 0.1) is 5.52 Å². The fraction of sp³-hybridized carbons (Fsp3) is 0.400. The molecule has 120 valence electrons. The highest BCUT2D eigenvalue weighted by molar-refractivity contribution is 8.01. The molecule has 1 aliphatic heterocycles. The van der Waals surface area contributed by atoms with Crippen LogP contribution in [0.15, 0.2) is 28.4 Å². The summed E-state index contributed by atoms with van der Waals surface area (Å²) < 4.78 is 1.17. The van der Waals surface area contributed by atoms with E-state index in [1.165, 1.54) is 22.7 Å². The summed E-state index contributed by atoms with van der Waals surface area (Å²) in [6.45, 7) is 3.18. The van der Waals surface area contributed by atoms with Crippen LogP contribution in [0.25, 0.3) is 11.0 Å². The van der Waals surface area contributed by atoms with Crippen molar-refractivity contribution in [2.45, 2.75) is 17.3 Å². The molecular formula is C15H18N6S2. The van der Waals surface area contributed by atoms with Crippen LogP contribution in [0, 0.1) is 5.92 Å². The van der Waals surface area contributed by atoms with Crippen molar-refractivity contribution in [3.05, 3.63) is 29.7 Å². The highest BCUT2D eigenvalue weighted by Gasteiger charge is 2.24. The summed E-state index contributed by atoms with van der Waals surface area (Å²) in [5.74, 6) is 2.39. The third-order valence-corrected chi connectivity index (χ3v) is 6.39. The molecule has 4 rings (SSSR count). The molecule has 0 saturated carbocycles. The van der Waals surface area contributed by atoms with E-state index >= 15 is 0 Å². The lowest BCUT2D eigenvalue weighted by atomic mass is 10.2. The summed E-state index contributed by atoms with van der Waals surface area (Å²) in [6.07, 6.45) is 6.66. The highest BCUT2D eigenvalue weighted by Crippen LogP contribution is 2.28. The van der Waals surface area contributed by atoms with E-state index in [4.69, 9.17) is 5.73 Å². The van der Waals surface area contributed by atoms with Crippen molar-refractivity contribution in [2.24, 2.45) is 5.92 Å². The Morgan fingerprint density at radius 3 is 3.22 bits per heavy atom. The molecule has 3 aromatic heterocycles. The highest BCUT2D eigenvalue weighted by atomic mass is 32.2. The first-order valence-corrected chi connectivity index (χ1v) is 9.47. The molecular weight excluding hydrogens is 328 g/mol. The molecule has 0 bridgehead atoms. The molecule has 1 atom stereocenters. The van der Waals surface area contributed by atoms with Crippen molar-refractivity contribution in [1.29, 1.82) is 0 Å². The molecule has 0 spiro atoms. The number of nitrogen functional groups attached to an aromatic ring is 1. The molecule has 23 heavy (non-hydrogen) atoms. The number of aromatic amines is 1. The predicted octanol–water partition coefficient (Wildman–Crippen LogP) is 2.61. The number of nitrogens with two attached hydrogens (primary N) is 1. The number of aromatic nitrogens is 4. The van der Waals surface area contributed by atoms with Gasteiger partial charge in [0.1, 0.15) is 16.2 Å². The van der Waals surface area contributed by atoms with Crippen molar-refractivity contribution < 1.29 is 0 Å². The summed E-state index contributed by atoms with van der Waals surface area (Å²) in [6, 6.07) is 0. The Kier molecular flexibility index (Phi) is 4.19. The van der Waals surface area contributed by atoms with Crippen LogP contribution in [0.3, 0.4) is 0 Å². The number of H-pyrrole nitrogens is 1. The van der Waals surface area contributed by atoms with Gasteiger partial charge in [0.2, 0.25) is 0 Å². The van der Waals surface area contributed by atoms with E-state index in [2.05, 4.69) is 24.8 Å². The molecule has 0 aliphatic carbocycles. The van der Waals surface area contributed by atoms with E-state index < -0.39 is 0 Å². The molecule has 0 unspecified atom stereocenters.